The summed E-state index contributed by atoms with van der Waals surface area (Å²) in [6.45, 7) is 4.81. The zero-order chi connectivity index (χ0) is 14.4. The third kappa shape index (κ3) is 1.94. The second-order valence-electron chi connectivity index (χ2n) is 7.91. The maximum atomic E-state index is 2.47. The molecule has 0 heteroatoms. The van der Waals surface area contributed by atoms with Gasteiger partial charge in [0.15, 0.2) is 0 Å². The smallest absolute Gasteiger partial charge is 0.0125 e. The molecular weight excluding hydrogens is 252 g/mol. The van der Waals surface area contributed by atoms with E-state index < -0.39 is 0 Å². The van der Waals surface area contributed by atoms with Crippen molar-refractivity contribution in [3.63, 3.8) is 0 Å². The number of fused-ring (bicyclic) bond motifs is 5. The van der Waals surface area contributed by atoms with Gasteiger partial charge < -0.3 is 0 Å². The third-order valence-corrected chi connectivity index (χ3v) is 7.45. The Labute approximate surface area is 130 Å². The van der Waals surface area contributed by atoms with Gasteiger partial charge in [0.25, 0.3) is 0 Å². The highest BCUT2D eigenvalue weighted by molar-refractivity contribution is 5.41. The van der Waals surface area contributed by atoms with Gasteiger partial charge in [0.05, 0.1) is 0 Å². The Kier molecular flexibility index (Phi) is 3.39. The van der Waals surface area contributed by atoms with E-state index in [4.69, 9.17) is 0 Å². The summed E-state index contributed by atoms with van der Waals surface area (Å²) in [6, 6.07) is 7.12. The van der Waals surface area contributed by atoms with Crippen LogP contribution in [0.15, 0.2) is 18.2 Å². The van der Waals surface area contributed by atoms with E-state index in [1.54, 1.807) is 16.7 Å². The fraction of sp³-hybridized carbons (Fsp3) is 0.714. The van der Waals surface area contributed by atoms with Crippen LogP contribution >= 0.6 is 0 Å². The van der Waals surface area contributed by atoms with Gasteiger partial charge in [-0.3, -0.25) is 0 Å². The van der Waals surface area contributed by atoms with E-state index in [0.717, 1.165) is 23.2 Å². The van der Waals surface area contributed by atoms with Crippen molar-refractivity contribution in [1.82, 2.24) is 0 Å². The van der Waals surface area contributed by atoms with E-state index >= 15 is 0 Å². The molecule has 0 aliphatic heterocycles. The number of aryl methyl sites for hydroxylation is 2. The summed E-state index contributed by atoms with van der Waals surface area (Å²) in [7, 11) is 0. The summed E-state index contributed by atoms with van der Waals surface area (Å²) in [5.74, 6) is 2.94. The zero-order valence-electron chi connectivity index (χ0n) is 13.8. The van der Waals surface area contributed by atoms with Crippen LogP contribution in [0.5, 0.6) is 0 Å². The van der Waals surface area contributed by atoms with E-state index in [0.29, 0.717) is 0 Å². The molecule has 0 N–H and O–H groups in total. The average molecular weight is 282 g/mol. The lowest BCUT2D eigenvalue weighted by atomic mass is 9.54. The minimum absolute atomic E-state index is 0.736. The van der Waals surface area contributed by atoms with Gasteiger partial charge in [-0.05, 0) is 84.8 Å². The summed E-state index contributed by atoms with van der Waals surface area (Å²) in [5.41, 5.74) is 5.88. The van der Waals surface area contributed by atoms with Crippen molar-refractivity contribution < 1.29 is 0 Å². The van der Waals surface area contributed by atoms with E-state index in [9.17, 15) is 0 Å². The van der Waals surface area contributed by atoms with Gasteiger partial charge in [-0.15, -0.1) is 0 Å². The molecule has 0 unspecified atom stereocenters. The number of hydrogen-bond donors (Lipinski definition) is 0. The molecule has 4 rings (SSSR count). The van der Waals surface area contributed by atoms with Crippen LogP contribution in [0.1, 0.15) is 81.4 Å². The first kappa shape index (κ1) is 13.9. The second-order valence-corrected chi connectivity index (χ2v) is 7.91. The van der Waals surface area contributed by atoms with Crippen molar-refractivity contribution in [3.8, 4) is 0 Å². The first-order chi connectivity index (χ1) is 10.3. The van der Waals surface area contributed by atoms with Crippen molar-refractivity contribution in [2.24, 2.45) is 17.3 Å². The highest BCUT2D eigenvalue weighted by Crippen LogP contribution is 2.62. The third-order valence-electron chi connectivity index (χ3n) is 7.45. The standard InChI is InChI=1S/C21H30/c1-3-15-7-5-8-16-10-11-17-18(20(15)16)12-14-21(4-2)13-6-9-19(17)21/h5,7-8,17-19H,3-4,6,9-14H2,1-2H3/t17-,18+,19+,21+/m1/s1. The Morgan fingerprint density at radius 3 is 2.81 bits per heavy atom. The van der Waals surface area contributed by atoms with Crippen molar-refractivity contribution in [1.29, 1.82) is 0 Å². The van der Waals surface area contributed by atoms with Crippen molar-refractivity contribution in [3.05, 3.63) is 34.9 Å². The first-order valence-corrected chi connectivity index (χ1v) is 9.39. The van der Waals surface area contributed by atoms with Crippen LogP contribution in [0, 0.1) is 17.3 Å². The van der Waals surface area contributed by atoms with Gasteiger partial charge in [-0.1, -0.05) is 44.9 Å². The molecule has 21 heavy (non-hydrogen) atoms. The van der Waals surface area contributed by atoms with E-state index in [-0.39, 0.29) is 0 Å². The lowest BCUT2D eigenvalue weighted by Crippen LogP contribution is -2.41. The SMILES string of the molecule is CCc1cccc2c1[C@H]1CC[C@]3(CC)CCC[C@H]3[C@@H]1CC2. The predicted octanol–water partition coefficient (Wildman–Crippen LogP) is 5.89. The Morgan fingerprint density at radius 1 is 1.10 bits per heavy atom. The fourth-order valence-corrected chi connectivity index (χ4v) is 6.45. The molecule has 0 saturated heterocycles. The van der Waals surface area contributed by atoms with Crippen molar-refractivity contribution in [2.45, 2.75) is 77.6 Å². The number of rotatable bonds is 2. The molecule has 0 bridgehead atoms. The molecule has 1 aromatic carbocycles. The van der Waals surface area contributed by atoms with Crippen LogP contribution in [-0.4, -0.2) is 0 Å². The number of hydrogen-bond acceptors (Lipinski definition) is 0. The van der Waals surface area contributed by atoms with E-state index in [1.165, 1.54) is 57.8 Å². The van der Waals surface area contributed by atoms with Crippen LogP contribution in [0.3, 0.4) is 0 Å². The van der Waals surface area contributed by atoms with Gasteiger partial charge in [0.1, 0.15) is 0 Å². The van der Waals surface area contributed by atoms with Gasteiger partial charge in [0.2, 0.25) is 0 Å². The van der Waals surface area contributed by atoms with Crippen LogP contribution in [0.25, 0.3) is 0 Å². The first-order valence-electron chi connectivity index (χ1n) is 9.39. The molecule has 4 atom stereocenters. The van der Waals surface area contributed by atoms with Crippen LogP contribution < -0.4 is 0 Å². The molecule has 2 saturated carbocycles. The predicted molar refractivity (Wildman–Crippen MR) is 89.7 cm³/mol. The summed E-state index contributed by atoms with van der Waals surface area (Å²) >= 11 is 0. The maximum Gasteiger partial charge on any atom is -0.0125 e. The quantitative estimate of drug-likeness (QED) is 0.635. The normalized spacial score (nSPS) is 37.7. The molecular formula is C21H30. The number of benzene rings is 1. The molecule has 0 amide bonds. The Bertz CT molecular complexity index is 515. The fourth-order valence-electron chi connectivity index (χ4n) is 6.45. The Morgan fingerprint density at radius 2 is 2.00 bits per heavy atom. The lowest BCUT2D eigenvalue weighted by molar-refractivity contribution is 0.0406. The maximum absolute atomic E-state index is 2.47. The molecule has 1 aromatic rings. The Balaban J connectivity index is 1.74. The summed E-state index contributed by atoms with van der Waals surface area (Å²) in [6.07, 6.45) is 13.0. The molecule has 0 radical (unpaired) electrons. The van der Waals surface area contributed by atoms with Gasteiger partial charge in [-0.25, -0.2) is 0 Å². The molecule has 2 fully saturated rings. The molecule has 3 aliphatic carbocycles. The van der Waals surface area contributed by atoms with Crippen LogP contribution in [0.2, 0.25) is 0 Å². The van der Waals surface area contributed by atoms with E-state index in [1.807, 2.05) is 0 Å². The van der Waals surface area contributed by atoms with Crippen LogP contribution in [0.4, 0.5) is 0 Å². The minimum atomic E-state index is 0.736. The lowest BCUT2D eigenvalue weighted by Gasteiger charge is -2.51. The van der Waals surface area contributed by atoms with Crippen molar-refractivity contribution >= 4 is 0 Å². The average Bonchev–Trinajstić information content (AvgIpc) is 2.98. The molecule has 0 spiro atoms. The van der Waals surface area contributed by atoms with Gasteiger partial charge in [0, 0.05) is 0 Å². The molecule has 114 valence electrons. The summed E-state index contributed by atoms with van der Waals surface area (Å²) < 4.78 is 0. The minimum Gasteiger partial charge on any atom is -0.0648 e. The topological polar surface area (TPSA) is 0 Å². The van der Waals surface area contributed by atoms with Gasteiger partial charge >= 0.3 is 0 Å². The molecule has 0 aromatic heterocycles. The monoisotopic (exact) mass is 282 g/mol. The largest absolute Gasteiger partial charge is 0.0648 e. The molecule has 0 heterocycles. The second kappa shape index (κ2) is 5.14. The van der Waals surface area contributed by atoms with E-state index in [2.05, 4.69) is 32.0 Å². The summed E-state index contributed by atoms with van der Waals surface area (Å²) in [4.78, 5) is 0. The zero-order valence-corrected chi connectivity index (χ0v) is 13.8. The highest BCUT2D eigenvalue weighted by Gasteiger charge is 2.51. The van der Waals surface area contributed by atoms with Crippen LogP contribution in [-0.2, 0) is 12.8 Å². The van der Waals surface area contributed by atoms with Crippen molar-refractivity contribution in [2.75, 3.05) is 0 Å². The summed E-state index contributed by atoms with van der Waals surface area (Å²) in [5, 5.41) is 0. The molecule has 3 aliphatic rings. The molecule has 0 nitrogen and oxygen atoms in total. The highest BCUT2D eigenvalue weighted by atomic mass is 14.6. The Hall–Kier alpha value is -0.780. The van der Waals surface area contributed by atoms with Gasteiger partial charge in [-0.2, -0.15) is 0 Å².